The topological polar surface area (TPSA) is 78.5 Å². The quantitative estimate of drug-likeness (QED) is 0.868. The van der Waals surface area contributed by atoms with Crippen molar-refractivity contribution in [3.05, 3.63) is 36.0 Å². The number of nitrogens with one attached hydrogen (secondary N) is 2. The van der Waals surface area contributed by atoms with Crippen molar-refractivity contribution < 1.29 is 13.2 Å². The zero-order valence-electron chi connectivity index (χ0n) is 13.2. The van der Waals surface area contributed by atoms with E-state index in [9.17, 15) is 13.2 Å². The lowest BCUT2D eigenvalue weighted by atomic mass is 9.84. The minimum atomic E-state index is -3.30. The number of fused-ring (bicyclic) bond motifs is 1. The van der Waals surface area contributed by atoms with Gasteiger partial charge in [0, 0.05) is 24.9 Å². The maximum Gasteiger partial charge on any atom is 0.244 e. The zero-order valence-corrected chi connectivity index (χ0v) is 14.1. The van der Waals surface area contributed by atoms with Crippen LogP contribution in [0.1, 0.15) is 18.9 Å². The fourth-order valence-electron chi connectivity index (χ4n) is 3.19. The van der Waals surface area contributed by atoms with E-state index >= 15 is 0 Å². The standard InChI is InChI=1S/C16H21N3O3S/c1-3-23(21,22)18-12-6-4-5-11(9-12)14-10-19(2)16(20)15-13(14)7-8-17-15/h4-6,9-10,13,15,17-18H,3,7-8H2,1-2H3. The number of carbonyl (C=O) groups is 1. The van der Waals surface area contributed by atoms with Crippen molar-refractivity contribution >= 4 is 27.2 Å². The van der Waals surface area contributed by atoms with Crippen molar-refractivity contribution in [2.45, 2.75) is 19.4 Å². The van der Waals surface area contributed by atoms with Crippen molar-refractivity contribution in [3.63, 3.8) is 0 Å². The Balaban J connectivity index is 1.95. The van der Waals surface area contributed by atoms with Crippen molar-refractivity contribution in [1.82, 2.24) is 10.2 Å². The average Bonchev–Trinajstić information content (AvgIpc) is 3.00. The highest BCUT2D eigenvalue weighted by Gasteiger charge is 2.40. The number of anilines is 1. The van der Waals surface area contributed by atoms with E-state index in [2.05, 4.69) is 10.0 Å². The Hall–Kier alpha value is -1.86. The molecule has 2 N–H and O–H groups in total. The van der Waals surface area contributed by atoms with Gasteiger partial charge in [-0.2, -0.15) is 0 Å². The van der Waals surface area contributed by atoms with Crippen LogP contribution in [0.4, 0.5) is 5.69 Å². The number of benzene rings is 1. The summed E-state index contributed by atoms with van der Waals surface area (Å²) in [5, 5.41) is 3.26. The van der Waals surface area contributed by atoms with E-state index in [0.717, 1.165) is 24.1 Å². The molecular formula is C16H21N3O3S. The Kier molecular flexibility index (Phi) is 4.16. The number of amides is 1. The van der Waals surface area contributed by atoms with Gasteiger partial charge >= 0.3 is 0 Å². The molecule has 1 aromatic rings. The molecule has 0 saturated carbocycles. The molecule has 6 nitrogen and oxygen atoms in total. The molecule has 1 amide bonds. The van der Waals surface area contributed by atoms with Crippen LogP contribution in [0, 0.1) is 5.92 Å². The summed E-state index contributed by atoms with van der Waals surface area (Å²) in [5.74, 6) is 0.252. The minimum absolute atomic E-state index is 0.0335. The zero-order chi connectivity index (χ0) is 16.6. The summed E-state index contributed by atoms with van der Waals surface area (Å²) in [5.41, 5.74) is 2.56. The summed E-state index contributed by atoms with van der Waals surface area (Å²) in [4.78, 5) is 13.8. The Morgan fingerprint density at radius 2 is 2.17 bits per heavy atom. The average molecular weight is 335 g/mol. The van der Waals surface area contributed by atoms with Gasteiger partial charge in [-0.25, -0.2) is 8.42 Å². The monoisotopic (exact) mass is 335 g/mol. The lowest BCUT2D eigenvalue weighted by Gasteiger charge is -2.31. The van der Waals surface area contributed by atoms with Gasteiger partial charge in [0.25, 0.3) is 0 Å². The number of nitrogens with zero attached hydrogens (tertiary/aromatic N) is 1. The van der Waals surface area contributed by atoms with E-state index in [-0.39, 0.29) is 23.6 Å². The minimum Gasteiger partial charge on any atom is -0.320 e. The Morgan fingerprint density at radius 3 is 2.91 bits per heavy atom. The van der Waals surface area contributed by atoms with Gasteiger partial charge in [0.2, 0.25) is 15.9 Å². The maximum atomic E-state index is 12.2. The molecule has 0 aromatic heterocycles. The number of likely N-dealkylation sites (N-methyl/N-ethyl adjacent to an activating group) is 1. The molecule has 2 aliphatic heterocycles. The van der Waals surface area contributed by atoms with Gasteiger partial charge in [0.1, 0.15) is 0 Å². The Bertz CT molecular complexity index is 758. The Labute approximate surface area is 136 Å². The molecule has 2 aliphatic rings. The molecule has 3 rings (SSSR count). The normalized spacial score (nSPS) is 24.3. The lowest BCUT2D eigenvalue weighted by molar-refractivity contribution is -0.130. The second kappa shape index (κ2) is 5.98. The first kappa shape index (κ1) is 16.0. The van der Waals surface area contributed by atoms with Crippen molar-refractivity contribution in [1.29, 1.82) is 0 Å². The van der Waals surface area contributed by atoms with E-state index in [4.69, 9.17) is 0 Å². The summed E-state index contributed by atoms with van der Waals surface area (Å²) in [6.07, 6.45) is 2.77. The molecule has 0 aliphatic carbocycles. The molecule has 7 heteroatoms. The van der Waals surface area contributed by atoms with Crippen LogP contribution in [0.15, 0.2) is 30.5 Å². The Morgan fingerprint density at radius 1 is 1.39 bits per heavy atom. The van der Waals surface area contributed by atoms with Gasteiger partial charge in [-0.15, -0.1) is 0 Å². The lowest BCUT2D eigenvalue weighted by Crippen LogP contribution is -2.46. The molecule has 124 valence electrons. The summed E-state index contributed by atoms with van der Waals surface area (Å²) >= 11 is 0. The highest BCUT2D eigenvalue weighted by molar-refractivity contribution is 7.92. The third kappa shape index (κ3) is 3.11. The van der Waals surface area contributed by atoms with Crippen molar-refractivity contribution in [3.8, 4) is 0 Å². The van der Waals surface area contributed by atoms with Crippen LogP contribution in [-0.2, 0) is 14.8 Å². The highest BCUT2D eigenvalue weighted by atomic mass is 32.2. The summed E-state index contributed by atoms with van der Waals surface area (Å²) in [6, 6.07) is 7.17. The van der Waals surface area contributed by atoms with Crippen LogP contribution in [0.5, 0.6) is 0 Å². The molecule has 1 aromatic carbocycles. The number of sulfonamides is 1. The molecule has 2 unspecified atom stereocenters. The summed E-state index contributed by atoms with van der Waals surface area (Å²) in [6.45, 7) is 2.42. The maximum absolute atomic E-state index is 12.2. The number of rotatable bonds is 4. The fraction of sp³-hybridized carbons (Fsp3) is 0.438. The van der Waals surface area contributed by atoms with Crippen LogP contribution in [0.3, 0.4) is 0 Å². The van der Waals surface area contributed by atoms with E-state index in [0.29, 0.717) is 5.69 Å². The van der Waals surface area contributed by atoms with Gasteiger partial charge < -0.3 is 10.2 Å². The molecule has 2 heterocycles. The van der Waals surface area contributed by atoms with Gasteiger partial charge in [0.05, 0.1) is 11.8 Å². The second-order valence-electron chi connectivity index (χ2n) is 5.95. The highest BCUT2D eigenvalue weighted by Crippen LogP contribution is 2.36. The molecule has 0 spiro atoms. The third-order valence-electron chi connectivity index (χ3n) is 4.42. The van der Waals surface area contributed by atoms with Gasteiger partial charge in [-0.1, -0.05) is 12.1 Å². The van der Waals surface area contributed by atoms with Gasteiger partial charge in [0.15, 0.2) is 0 Å². The number of hydrogen-bond acceptors (Lipinski definition) is 4. The summed E-state index contributed by atoms with van der Waals surface area (Å²) in [7, 11) is -1.55. The molecule has 2 atom stereocenters. The first-order valence-corrected chi connectivity index (χ1v) is 9.39. The SMILES string of the molecule is CCS(=O)(=O)Nc1cccc(C2=CN(C)C(=O)C3NCCC23)c1. The molecule has 1 saturated heterocycles. The smallest absolute Gasteiger partial charge is 0.244 e. The van der Waals surface area contributed by atoms with E-state index in [1.807, 2.05) is 24.4 Å². The van der Waals surface area contributed by atoms with Crippen LogP contribution in [-0.4, -0.2) is 44.6 Å². The largest absolute Gasteiger partial charge is 0.320 e. The first-order chi connectivity index (χ1) is 10.9. The van der Waals surface area contributed by atoms with E-state index in [1.165, 1.54) is 0 Å². The number of hydrogen-bond donors (Lipinski definition) is 2. The molecule has 0 radical (unpaired) electrons. The van der Waals surface area contributed by atoms with E-state index < -0.39 is 10.0 Å². The van der Waals surface area contributed by atoms with Crippen molar-refractivity contribution in [2.75, 3.05) is 24.1 Å². The fourth-order valence-corrected chi connectivity index (χ4v) is 3.82. The second-order valence-corrected chi connectivity index (χ2v) is 7.96. The van der Waals surface area contributed by atoms with Gasteiger partial charge in [-0.05, 0) is 43.2 Å². The molecule has 0 bridgehead atoms. The summed E-state index contributed by atoms with van der Waals surface area (Å²) < 4.78 is 26.1. The van der Waals surface area contributed by atoms with Crippen LogP contribution >= 0.6 is 0 Å². The van der Waals surface area contributed by atoms with Crippen LogP contribution < -0.4 is 10.0 Å². The van der Waals surface area contributed by atoms with E-state index in [1.54, 1.807) is 24.9 Å². The molecule has 23 heavy (non-hydrogen) atoms. The molecular weight excluding hydrogens is 314 g/mol. The van der Waals surface area contributed by atoms with Crippen LogP contribution in [0.2, 0.25) is 0 Å². The van der Waals surface area contributed by atoms with Gasteiger partial charge in [-0.3, -0.25) is 9.52 Å². The van der Waals surface area contributed by atoms with Crippen molar-refractivity contribution in [2.24, 2.45) is 5.92 Å². The number of carbonyl (C=O) groups excluding carboxylic acids is 1. The molecule has 1 fully saturated rings. The predicted molar refractivity (Wildman–Crippen MR) is 90.2 cm³/mol. The first-order valence-electron chi connectivity index (χ1n) is 7.74. The predicted octanol–water partition coefficient (Wildman–Crippen LogP) is 1.24. The van der Waals surface area contributed by atoms with Crippen LogP contribution in [0.25, 0.3) is 5.57 Å². The third-order valence-corrected chi connectivity index (χ3v) is 5.72.